The molecule has 0 aromatic rings. The Morgan fingerprint density at radius 3 is 1.97 bits per heavy atom. The first-order valence-electron chi connectivity index (χ1n) is 13.1. The number of thioether (sulfide) groups is 1. The van der Waals surface area contributed by atoms with Crippen LogP contribution in [-0.2, 0) is 9.59 Å². The lowest BCUT2D eigenvalue weighted by Gasteiger charge is -2.19. The highest BCUT2D eigenvalue weighted by Gasteiger charge is 2.22. The van der Waals surface area contributed by atoms with E-state index in [1.165, 1.54) is 75.7 Å². The number of carbonyl (C=O) groups excluding carboxylic acids is 1. The summed E-state index contributed by atoms with van der Waals surface area (Å²) in [6.45, 7) is 11.0. The number of allylic oxidation sites excluding steroid dienone is 1. The summed E-state index contributed by atoms with van der Waals surface area (Å²) in [4.78, 5) is 35.0. The number of aliphatic carboxylic acids is 2. The Labute approximate surface area is 217 Å². The molecule has 0 rings (SSSR count). The molecule has 0 saturated heterocycles. The van der Waals surface area contributed by atoms with Crippen LogP contribution in [0.3, 0.4) is 0 Å². The van der Waals surface area contributed by atoms with Gasteiger partial charge in [-0.05, 0) is 37.5 Å². The van der Waals surface area contributed by atoms with E-state index in [0.717, 1.165) is 29.1 Å². The topological polar surface area (TPSA) is 107 Å². The fraction of sp³-hybridized carbons (Fsp3) is 0.815. The Hall–Kier alpha value is -1.70. The van der Waals surface area contributed by atoms with Gasteiger partial charge in [-0.15, -0.1) is 0 Å². The van der Waals surface area contributed by atoms with Crippen LogP contribution in [0.5, 0.6) is 0 Å². The van der Waals surface area contributed by atoms with Crippen LogP contribution in [-0.4, -0.2) is 64.2 Å². The molecule has 204 valence electrons. The minimum absolute atomic E-state index is 0.221. The lowest BCUT2D eigenvalue weighted by molar-refractivity contribution is -0.138. The smallest absolute Gasteiger partial charge is 0.327 e. The summed E-state index contributed by atoms with van der Waals surface area (Å²) in [5.74, 6) is 1.02. The van der Waals surface area contributed by atoms with Crippen LogP contribution in [0.2, 0.25) is 0 Å². The number of urea groups is 1. The van der Waals surface area contributed by atoms with E-state index in [9.17, 15) is 19.5 Å². The molecule has 0 radical (unpaired) electrons. The maximum absolute atomic E-state index is 11.9. The number of rotatable bonds is 20. The Kier molecular flexibility index (Phi) is 18.5. The van der Waals surface area contributed by atoms with Gasteiger partial charge in [-0.25, -0.2) is 9.59 Å². The van der Waals surface area contributed by atoms with Crippen LogP contribution in [0.15, 0.2) is 11.6 Å². The summed E-state index contributed by atoms with van der Waals surface area (Å²) >= 11 is 1.44. The molecule has 35 heavy (non-hydrogen) atoms. The van der Waals surface area contributed by atoms with Gasteiger partial charge >= 0.3 is 18.0 Å². The third-order valence-corrected chi connectivity index (χ3v) is 7.26. The molecule has 0 spiro atoms. The Bertz CT molecular complexity index is 653. The number of nitrogens with zero attached hydrogens (tertiary/aromatic N) is 1. The molecule has 0 aliphatic rings. The molecule has 0 aromatic heterocycles. The van der Waals surface area contributed by atoms with Crippen LogP contribution in [0.4, 0.5) is 4.79 Å². The molecule has 0 aliphatic heterocycles. The molecule has 0 heterocycles. The van der Waals surface area contributed by atoms with Crippen molar-refractivity contribution in [3.63, 3.8) is 0 Å². The number of carbonyl (C=O) groups is 3. The van der Waals surface area contributed by atoms with Gasteiger partial charge in [0.1, 0.15) is 12.6 Å². The molecular formula is C27H50N2O5S. The third kappa shape index (κ3) is 19.2. The van der Waals surface area contributed by atoms with E-state index in [1.807, 2.05) is 0 Å². The highest BCUT2D eigenvalue weighted by atomic mass is 32.2. The second-order valence-electron chi connectivity index (χ2n) is 10.5. The largest absolute Gasteiger partial charge is 0.480 e. The second kappa shape index (κ2) is 19.5. The maximum Gasteiger partial charge on any atom is 0.327 e. The fourth-order valence-corrected chi connectivity index (χ4v) is 4.91. The Morgan fingerprint density at radius 1 is 0.914 bits per heavy atom. The Morgan fingerprint density at radius 2 is 1.46 bits per heavy atom. The fourth-order valence-electron chi connectivity index (χ4n) is 3.91. The van der Waals surface area contributed by atoms with Crippen molar-refractivity contribution >= 4 is 29.7 Å². The van der Waals surface area contributed by atoms with Crippen LogP contribution in [0.1, 0.15) is 92.4 Å². The number of likely N-dealkylation sites (N-methyl/N-ethyl adjacent to an activating group) is 1. The molecule has 8 heteroatoms. The monoisotopic (exact) mass is 514 g/mol. The lowest BCUT2D eigenvalue weighted by Crippen LogP contribution is -2.49. The van der Waals surface area contributed by atoms with Gasteiger partial charge in [-0.3, -0.25) is 4.79 Å². The number of hydrogen-bond donors (Lipinski definition) is 3. The number of amides is 2. The summed E-state index contributed by atoms with van der Waals surface area (Å²) in [6.07, 6.45) is 13.6. The van der Waals surface area contributed by atoms with Crippen molar-refractivity contribution in [2.45, 2.75) is 98.4 Å². The molecule has 2 amide bonds. The molecule has 0 fully saturated rings. The third-order valence-electron chi connectivity index (χ3n) is 6.29. The van der Waals surface area contributed by atoms with Crippen LogP contribution >= 0.6 is 11.8 Å². The van der Waals surface area contributed by atoms with Crippen LogP contribution in [0.25, 0.3) is 0 Å². The quantitative estimate of drug-likeness (QED) is 0.130. The van der Waals surface area contributed by atoms with Crippen molar-refractivity contribution < 1.29 is 24.6 Å². The predicted octanol–water partition coefficient (Wildman–Crippen LogP) is 6.28. The zero-order chi connectivity index (χ0) is 26.8. The molecule has 3 atom stereocenters. The molecular weight excluding hydrogens is 464 g/mol. The molecule has 7 nitrogen and oxygen atoms in total. The first-order valence-corrected chi connectivity index (χ1v) is 14.3. The summed E-state index contributed by atoms with van der Waals surface area (Å²) in [5, 5.41) is 20.5. The van der Waals surface area contributed by atoms with Gasteiger partial charge in [0.05, 0.1) is 0 Å². The summed E-state index contributed by atoms with van der Waals surface area (Å²) in [5.41, 5.74) is 1.31. The summed E-state index contributed by atoms with van der Waals surface area (Å²) in [6, 6.07) is -1.77. The molecule has 0 saturated carbocycles. The summed E-state index contributed by atoms with van der Waals surface area (Å²) < 4.78 is 0. The highest BCUT2D eigenvalue weighted by Crippen LogP contribution is 2.22. The van der Waals surface area contributed by atoms with E-state index >= 15 is 0 Å². The maximum atomic E-state index is 11.9. The van der Waals surface area contributed by atoms with E-state index in [1.54, 1.807) is 0 Å². The zero-order valence-electron chi connectivity index (χ0n) is 22.8. The van der Waals surface area contributed by atoms with Crippen molar-refractivity contribution in [1.82, 2.24) is 10.2 Å². The minimum atomic E-state index is -1.15. The van der Waals surface area contributed by atoms with Crippen molar-refractivity contribution in [3.05, 3.63) is 11.6 Å². The highest BCUT2D eigenvalue weighted by molar-refractivity contribution is 7.99. The van der Waals surface area contributed by atoms with Gasteiger partial charge in [0.15, 0.2) is 0 Å². The van der Waals surface area contributed by atoms with Crippen LogP contribution < -0.4 is 5.32 Å². The molecule has 2 unspecified atom stereocenters. The number of carboxylic acid groups (broad SMARTS) is 2. The van der Waals surface area contributed by atoms with Gasteiger partial charge < -0.3 is 20.4 Å². The van der Waals surface area contributed by atoms with Crippen molar-refractivity contribution in [3.8, 4) is 0 Å². The molecule has 0 aliphatic carbocycles. The van der Waals surface area contributed by atoms with Crippen molar-refractivity contribution in [1.29, 1.82) is 0 Å². The number of nitrogens with one attached hydrogen (secondary N) is 1. The normalized spacial score (nSPS) is 14.4. The van der Waals surface area contributed by atoms with E-state index < -0.39 is 30.6 Å². The Balaban J connectivity index is 4.08. The van der Waals surface area contributed by atoms with Gasteiger partial charge in [0.25, 0.3) is 0 Å². The molecule has 3 N–H and O–H groups in total. The SMILES string of the molecule is C/C(=C/CSC[C@H](NC(=O)N(C)CC(=O)O)C(=O)O)CCCC(C)CCCC(C)CCCC(C)C. The van der Waals surface area contributed by atoms with Gasteiger partial charge in [0, 0.05) is 18.6 Å². The molecule has 0 bridgehead atoms. The first-order chi connectivity index (χ1) is 16.4. The number of hydrogen-bond acceptors (Lipinski definition) is 4. The van der Waals surface area contributed by atoms with Gasteiger partial charge in [-0.2, -0.15) is 11.8 Å². The second-order valence-corrected chi connectivity index (χ2v) is 11.6. The first kappa shape index (κ1) is 33.3. The lowest BCUT2D eigenvalue weighted by atomic mass is 9.91. The average molecular weight is 515 g/mol. The van der Waals surface area contributed by atoms with E-state index in [0.29, 0.717) is 5.75 Å². The van der Waals surface area contributed by atoms with Crippen LogP contribution in [0, 0.1) is 17.8 Å². The summed E-state index contributed by atoms with van der Waals surface area (Å²) in [7, 11) is 1.32. The van der Waals surface area contributed by atoms with E-state index in [-0.39, 0.29) is 5.75 Å². The number of carboxylic acids is 2. The average Bonchev–Trinajstić information content (AvgIpc) is 2.74. The standard InChI is InChI=1S/C27H50N2O5S/c1-20(2)10-7-11-21(3)12-8-13-22(4)14-9-15-23(5)16-17-35-19-24(26(32)33)28-27(34)29(6)18-25(30)31/h16,20-22,24H,7-15,17-19H2,1-6H3,(H,28,34)(H,30,31)(H,32,33)/b23-16-/t21?,22?,24-/m0/s1. The van der Waals surface area contributed by atoms with E-state index in [4.69, 9.17) is 5.11 Å². The molecule has 0 aromatic carbocycles. The predicted molar refractivity (Wildman–Crippen MR) is 146 cm³/mol. The van der Waals surface area contributed by atoms with Crippen molar-refractivity contribution in [2.75, 3.05) is 25.1 Å². The van der Waals surface area contributed by atoms with Gasteiger partial charge in [-0.1, -0.05) is 84.3 Å². The zero-order valence-corrected chi connectivity index (χ0v) is 23.7. The van der Waals surface area contributed by atoms with Gasteiger partial charge in [0.2, 0.25) is 0 Å². The van der Waals surface area contributed by atoms with E-state index in [2.05, 4.69) is 46.0 Å². The van der Waals surface area contributed by atoms with Crippen molar-refractivity contribution in [2.24, 2.45) is 17.8 Å². The minimum Gasteiger partial charge on any atom is -0.480 e.